The molecule has 0 unspecified atom stereocenters. The van der Waals surface area contributed by atoms with Gasteiger partial charge >= 0.3 is 0 Å². The van der Waals surface area contributed by atoms with Crippen LogP contribution in [-0.4, -0.2) is 5.91 Å². The van der Waals surface area contributed by atoms with Gasteiger partial charge in [-0.2, -0.15) is 0 Å². The summed E-state index contributed by atoms with van der Waals surface area (Å²) < 4.78 is 13.4. The van der Waals surface area contributed by atoms with Crippen molar-refractivity contribution < 1.29 is 9.18 Å². The van der Waals surface area contributed by atoms with Gasteiger partial charge < -0.3 is 5.73 Å². The molecule has 13 heavy (non-hydrogen) atoms. The van der Waals surface area contributed by atoms with Gasteiger partial charge in [-0.05, 0) is 18.1 Å². The average molecular weight is 181 g/mol. The van der Waals surface area contributed by atoms with E-state index in [0.29, 0.717) is 12.0 Å². The Morgan fingerprint density at radius 3 is 2.77 bits per heavy atom. The van der Waals surface area contributed by atoms with E-state index in [4.69, 9.17) is 5.73 Å². The lowest BCUT2D eigenvalue weighted by atomic mass is 10.1. The number of halogens is 1. The molecule has 0 aliphatic rings. The predicted molar refractivity (Wildman–Crippen MR) is 48.9 cm³/mol. The first-order valence-corrected chi connectivity index (χ1v) is 4.24. The SMILES string of the molecule is CCCc1cccc(C(N)=O)c1F. The molecule has 2 nitrogen and oxygen atoms in total. The van der Waals surface area contributed by atoms with Gasteiger partial charge in [0.2, 0.25) is 0 Å². The summed E-state index contributed by atoms with van der Waals surface area (Å²) in [6.07, 6.45) is 1.48. The van der Waals surface area contributed by atoms with Gasteiger partial charge in [0.1, 0.15) is 5.82 Å². The molecule has 0 heterocycles. The molecule has 0 fully saturated rings. The summed E-state index contributed by atoms with van der Waals surface area (Å²) >= 11 is 0. The van der Waals surface area contributed by atoms with Gasteiger partial charge in [0.05, 0.1) is 5.56 Å². The van der Waals surface area contributed by atoms with Crippen molar-refractivity contribution in [2.24, 2.45) is 5.73 Å². The average Bonchev–Trinajstić information content (AvgIpc) is 2.08. The lowest BCUT2D eigenvalue weighted by Gasteiger charge is -2.03. The van der Waals surface area contributed by atoms with Crippen LogP contribution in [0.1, 0.15) is 29.3 Å². The number of aryl methyl sites for hydroxylation is 1. The zero-order valence-corrected chi connectivity index (χ0v) is 7.51. The Kier molecular flexibility index (Phi) is 3.01. The number of nitrogens with two attached hydrogens (primary N) is 1. The largest absolute Gasteiger partial charge is 0.366 e. The molecular weight excluding hydrogens is 169 g/mol. The van der Waals surface area contributed by atoms with Gasteiger partial charge in [0.25, 0.3) is 5.91 Å². The summed E-state index contributed by atoms with van der Waals surface area (Å²) in [5.41, 5.74) is 5.53. The van der Waals surface area contributed by atoms with Crippen LogP contribution < -0.4 is 5.73 Å². The zero-order chi connectivity index (χ0) is 9.84. The molecule has 0 aliphatic heterocycles. The normalized spacial score (nSPS) is 10.0. The second kappa shape index (κ2) is 4.03. The van der Waals surface area contributed by atoms with Crippen LogP contribution in [-0.2, 0) is 6.42 Å². The minimum Gasteiger partial charge on any atom is -0.366 e. The van der Waals surface area contributed by atoms with Crippen molar-refractivity contribution in [3.63, 3.8) is 0 Å². The first-order valence-electron chi connectivity index (χ1n) is 4.24. The monoisotopic (exact) mass is 181 g/mol. The summed E-state index contributed by atoms with van der Waals surface area (Å²) in [4.78, 5) is 10.8. The molecule has 1 amide bonds. The molecule has 70 valence electrons. The third-order valence-electron chi connectivity index (χ3n) is 1.86. The van der Waals surface area contributed by atoms with Gasteiger partial charge in [-0.1, -0.05) is 25.5 Å². The maximum Gasteiger partial charge on any atom is 0.251 e. The molecule has 1 rings (SSSR count). The third kappa shape index (κ3) is 2.05. The maximum absolute atomic E-state index is 13.4. The van der Waals surface area contributed by atoms with Crippen molar-refractivity contribution in [1.29, 1.82) is 0 Å². The molecule has 0 radical (unpaired) electrons. The molecule has 0 saturated carbocycles. The van der Waals surface area contributed by atoms with Gasteiger partial charge in [-0.3, -0.25) is 4.79 Å². The van der Waals surface area contributed by atoms with Crippen molar-refractivity contribution in [3.05, 3.63) is 35.1 Å². The zero-order valence-electron chi connectivity index (χ0n) is 7.51. The second-order valence-electron chi connectivity index (χ2n) is 2.89. The Morgan fingerprint density at radius 1 is 1.54 bits per heavy atom. The van der Waals surface area contributed by atoms with E-state index in [-0.39, 0.29) is 5.56 Å². The van der Waals surface area contributed by atoms with E-state index in [9.17, 15) is 9.18 Å². The molecule has 1 aromatic carbocycles. The Morgan fingerprint density at radius 2 is 2.23 bits per heavy atom. The third-order valence-corrected chi connectivity index (χ3v) is 1.86. The Bertz CT molecular complexity index is 323. The Balaban J connectivity index is 3.10. The van der Waals surface area contributed by atoms with E-state index >= 15 is 0 Å². The highest BCUT2D eigenvalue weighted by atomic mass is 19.1. The first-order chi connectivity index (χ1) is 6.16. The molecule has 0 spiro atoms. The molecule has 0 aromatic heterocycles. The predicted octanol–water partition coefficient (Wildman–Crippen LogP) is 1.88. The first kappa shape index (κ1) is 9.71. The van der Waals surface area contributed by atoms with Crippen LogP contribution >= 0.6 is 0 Å². The molecule has 3 heteroatoms. The van der Waals surface area contributed by atoms with E-state index in [1.807, 2.05) is 6.92 Å². The Hall–Kier alpha value is -1.38. The van der Waals surface area contributed by atoms with E-state index in [1.54, 1.807) is 12.1 Å². The quantitative estimate of drug-likeness (QED) is 0.760. The van der Waals surface area contributed by atoms with Gasteiger partial charge in [-0.15, -0.1) is 0 Å². The van der Waals surface area contributed by atoms with Crippen LogP contribution in [0, 0.1) is 5.82 Å². The second-order valence-corrected chi connectivity index (χ2v) is 2.89. The minimum atomic E-state index is -0.713. The summed E-state index contributed by atoms with van der Waals surface area (Å²) in [6, 6.07) is 4.72. The number of primary amides is 1. The van der Waals surface area contributed by atoms with Gasteiger partial charge in [-0.25, -0.2) is 4.39 Å². The molecule has 1 aromatic rings. The molecular formula is C10H12FNO. The van der Waals surface area contributed by atoms with Crippen molar-refractivity contribution >= 4 is 5.91 Å². The van der Waals surface area contributed by atoms with Crippen LogP contribution in [0.15, 0.2) is 18.2 Å². The van der Waals surface area contributed by atoms with E-state index < -0.39 is 11.7 Å². The molecule has 0 aliphatic carbocycles. The molecule has 0 atom stereocenters. The summed E-state index contributed by atoms with van der Waals surface area (Å²) in [5, 5.41) is 0. The van der Waals surface area contributed by atoms with E-state index in [0.717, 1.165) is 6.42 Å². The van der Waals surface area contributed by atoms with Crippen molar-refractivity contribution in [2.45, 2.75) is 19.8 Å². The van der Waals surface area contributed by atoms with E-state index in [2.05, 4.69) is 0 Å². The lowest BCUT2D eigenvalue weighted by molar-refractivity contribution is 0.0996. The molecule has 2 N–H and O–H groups in total. The lowest BCUT2D eigenvalue weighted by Crippen LogP contribution is -2.14. The van der Waals surface area contributed by atoms with Crippen LogP contribution in [0.3, 0.4) is 0 Å². The van der Waals surface area contributed by atoms with Crippen LogP contribution in [0.2, 0.25) is 0 Å². The Labute approximate surface area is 76.6 Å². The van der Waals surface area contributed by atoms with Crippen LogP contribution in [0.5, 0.6) is 0 Å². The smallest absolute Gasteiger partial charge is 0.251 e. The van der Waals surface area contributed by atoms with Gasteiger partial charge in [0.15, 0.2) is 0 Å². The topological polar surface area (TPSA) is 43.1 Å². The highest BCUT2D eigenvalue weighted by Gasteiger charge is 2.10. The number of carbonyl (C=O) groups is 1. The summed E-state index contributed by atoms with van der Waals surface area (Å²) in [7, 11) is 0. The highest BCUT2D eigenvalue weighted by Crippen LogP contribution is 2.13. The molecule has 0 saturated heterocycles. The fourth-order valence-corrected chi connectivity index (χ4v) is 1.23. The summed E-state index contributed by atoms with van der Waals surface area (Å²) in [6.45, 7) is 1.95. The number of benzene rings is 1. The van der Waals surface area contributed by atoms with Crippen molar-refractivity contribution in [2.75, 3.05) is 0 Å². The number of hydrogen-bond donors (Lipinski definition) is 1. The highest BCUT2D eigenvalue weighted by molar-refractivity contribution is 5.93. The summed E-state index contributed by atoms with van der Waals surface area (Å²) in [5.74, 6) is -1.19. The number of rotatable bonds is 3. The maximum atomic E-state index is 13.4. The van der Waals surface area contributed by atoms with Crippen molar-refractivity contribution in [3.8, 4) is 0 Å². The number of carbonyl (C=O) groups excluding carboxylic acids is 1. The van der Waals surface area contributed by atoms with Crippen molar-refractivity contribution in [1.82, 2.24) is 0 Å². The molecule has 0 bridgehead atoms. The number of hydrogen-bond acceptors (Lipinski definition) is 1. The number of amides is 1. The van der Waals surface area contributed by atoms with Gasteiger partial charge in [0, 0.05) is 0 Å². The minimum absolute atomic E-state index is 0.0223. The fraction of sp³-hybridized carbons (Fsp3) is 0.300. The van der Waals surface area contributed by atoms with E-state index in [1.165, 1.54) is 6.07 Å². The van der Waals surface area contributed by atoms with Crippen LogP contribution in [0.25, 0.3) is 0 Å². The van der Waals surface area contributed by atoms with Crippen LogP contribution in [0.4, 0.5) is 4.39 Å². The standard InChI is InChI=1S/C10H12FNO/c1-2-4-7-5-3-6-8(9(7)11)10(12)13/h3,5-6H,2,4H2,1H3,(H2,12,13). The fourth-order valence-electron chi connectivity index (χ4n) is 1.23.